The maximum absolute atomic E-state index is 11.8. The van der Waals surface area contributed by atoms with E-state index in [1.54, 1.807) is 6.07 Å². The Morgan fingerprint density at radius 1 is 1.38 bits per heavy atom. The molecule has 3 rings (SSSR count). The van der Waals surface area contributed by atoms with Gasteiger partial charge in [-0.05, 0) is 37.1 Å². The van der Waals surface area contributed by atoms with Gasteiger partial charge in [0.2, 0.25) is 0 Å². The van der Waals surface area contributed by atoms with E-state index in [-0.39, 0.29) is 6.42 Å². The van der Waals surface area contributed by atoms with Crippen LogP contribution in [0.4, 0.5) is 0 Å². The Labute approximate surface area is 160 Å². The topological polar surface area (TPSA) is 84.7 Å². The molecule has 0 bridgehead atoms. The molecule has 0 radical (unpaired) electrons. The summed E-state index contributed by atoms with van der Waals surface area (Å²) in [6.45, 7) is 2.56. The van der Waals surface area contributed by atoms with E-state index >= 15 is 0 Å². The Bertz CT molecular complexity index is 982. The van der Waals surface area contributed by atoms with Gasteiger partial charge in [0.25, 0.3) is 5.91 Å². The molecule has 2 N–H and O–H groups in total. The SMILES string of the molecule is Cc1c(C(N)=O)cc(-c2csc(CC#N)n2)n1CCc1ccc(Cl)cc1. The van der Waals surface area contributed by atoms with Crippen molar-refractivity contribution in [1.29, 1.82) is 5.26 Å². The van der Waals surface area contributed by atoms with E-state index in [9.17, 15) is 4.79 Å². The Hall–Kier alpha value is -2.62. The molecule has 2 heterocycles. The lowest BCUT2D eigenvalue weighted by atomic mass is 10.1. The van der Waals surface area contributed by atoms with Gasteiger partial charge in [-0.25, -0.2) is 4.98 Å². The third-order valence-electron chi connectivity index (χ3n) is 4.21. The Balaban J connectivity index is 1.95. The summed E-state index contributed by atoms with van der Waals surface area (Å²) in [6, 6.07) is 11.6. The fourth-order valence-corrected chi connectivity index (χ4v) is 3.71. The minimum atomic E-state index is -0.457. The van der Waals surface area contributed by atoms with Crippen molar-refractivity contribution in [3.05, 3.63) is 62.6 Å². The Morgan fingerprint density at radius 2 is 2.12 bits per heavy atom. The molecule has 5 nitrogen and oxygen atoms in total. The third kappa shape index (κ3) is 3.79. The number of halogens is 1. The number of thiazole rings is 1. The predicted molar refractivity (Wildman–Crippen MR) is 103 cm³/mol. The number of aryl methyl sites for hydroxylation is 1. The number of amides is 1. The molecule has 0 aliphatic carbocycles. The van der Waals surface area contributed by atoms with Crippen LogP contribution in [-0.4, -0.2) is 15.5 Å². The van der Waals surface area contributed by atoms with Crippen molar-refractivity contribution in [1.82, 2.24) is 9.55 Å². The highest BCUT2D eigenvalue weighted by Gasteiger charge is 2.18. The lowest BCUT2D eigenvalue weighted by Gasteiger charge is -2.11. The standard InChI is InChI=1S/C19H17ClN4OS/c1-12-15(19(22)25)10-17(16-11-26-18(23-16)6-8-21)24(12)9-7-13-2-4-14(20)5-3-13/h2-5,10-11H,6-7,9H2,1H3,(H2,22,25). The van der Waals surface area contributed by atoms with Gasteiger partial charge in [0.15, 0.2) is 0 Å². The maximum Gasteiger partial charge on any atom is 0.250 e. The zero-order valence-electron chi connectivity index (χ0n) is 14.2. The van der Waals surface area contributed by atoms with Gasteiger partial charge in [-0.15, -0.1) is 11.3 Å². The molecule has 0 aliphatic rings. The first-order valence-electron chi connectivity index (χ1n) is 8.05. The van der Waals surface area contributed by atoms with Crippen LogP contribution in [0.5, 0.6) is 0 Å². The summed E-state index contributed by atoms with van der Waals surface area (Å²) in [5.41, 5.74) is 9.58. The van der Waals surface area contributed by atoms with Crippen LogP contribution < -0.4 is 5.73 Å². The number of rotatable bonds is 6. The molecule has 26 heavy (non-hydrogen) atoms. The molecule has 0 aliphatic heterocycles. The molecule has 3 aromatic rings. The van der Waals surface area contributed by atoms with Gasteiger partial charge in [-0.2, -0.15) is 5.26 Å². The number of hydrogen-bond donors (Lipinski definition) is 1. The first-order valence-corrected chi connectivity index (χ1v) is 9.31. The number of benzene rings is 1. The maximum atomic E-state index is 11.8. The lowest BCUT2D eigenvalue weighted by Crippen LogP contribution is -2.13. The second-order valence-corrected chi connectivity index (χ2v) is 7.26. The van der Waals surface area contributed by atoms with Crippen LogP contribution in [0.1, 0.15) is 26.6 Å². The smallest absolute Gasteiger partial charge is 0.250 e. The van der Waals surface area contributed by atoms with Crippen molar-refractivity contribution in [2.75, 3.05) is 0 Å². The van der Waals surface area contributed by atoms with Crippen LogP contribution >= 0.6 is 22.9 Å². The van der Waals surface area contributed by atoms with Crippen molar-refractivity contribution >= 4 is 28.8 Å². The quantitative estimate of drug-likeness (QED) is 0.697. The summed E-state index contributed by atoms with van der Waals surface area (Å²) in [5.74, 6) is -0.457. The molecule has 0 atom stereocenters. The van der Waals surface area contributed by atoms with E-state index in [4.69, 9.17) is 22.6 Å². The van der Waals surface area contributed by atoms with Gasteiger partial charge < -0.3 is 10.3 Å². The largest absolute Gasteiger partial charge is 0.366 e. The highest BCUT2D eigenvalue weighted by atomic mass is 35.5. The first kappa shape index (κ1) is 18.2. The molecule has 1 amide bonds. The summed E-state index contributed by atoms with van der Waals surface area (Å²) in [7, 11) is 0. The Morgan fingerprint density at radius 3 is 2.77 bits per heavy atom. The normalized spacial score (nSPS) is 10.7. The van der Waals surface area contributed by atoms with Crippen molar-refractivity contribution in [2.45, 2.75) is 26.3 Å². The molecular formula is C19H17ClN4OS. The van der Waals surface area contributed by atoms with Crippen LogP contribution in [0.15, 0.2) is 35.7 Å². The predicted octanol–water partition coefficient (Wildman–Crippen LogP) is 3.98. The van der Waals surface area contributed by atoms with E-state index < -0.39 is 5.91 Å². The summed E-state index contributed by atoms with van der Waals surface area (Å²) < 4.78 is 2.06. The van der Waals surface area contributed by atoms with E-state index in [0.29, 0.717) is 17.1 Å². The molecular weight excluding hydrogens is 368 g/mol. The number of nitriles is 1. The minimum Gasteiger partial charge on any atom is -0.366 e. The molecule has 0 spiro atoms. The molecule has 7 heteroatoms. The van der Waals surface area contributed by atoms with E-state index in [0.717, 1.165) is 34.1 Å². The molecule has 0 saturated carbocycles. The fraction of sp³-hybridized carbons (Fsp3) is 0.211. The number of aromatic nitrogens is 2. The van der Waals surface area contributed by atoms with E-state index in [2.05, 4.69) is 15.6 Å². The average molecular weight is 385 g/mol. The van der Waals surface area contributed by atoms with Crippen molar-refractivity contribution < 1.29 is 4.79 Å². The molecule has 1 aromatic carbocycles. The summed E-state index contributed by atoms with van der Waals surface area (Å²) in [6.07, 6.45) is 1.06. The number of hydrogen-bond acceptors (Lipinski definition) is 4. The van der Waals surface area contributed by atoms with Crippen molar-refractivity contribution in [3.8, 4) is 17.5 Å². The summed E-state index contributed by atoms with van der Waals surface area (Å²) in [4.78, 5) is 16.3. The highest BCUT2D eigenvalue weighted by molar-refractivity contribution is 7.10. The van der Waals surface area contributed by atoms with Gasteiger partial charge in [-0.1, -0.05) is 23.7 Å². The zero-order valence-corrected chi connectivity index (χ0v) is 15.8. The molecule has 2 aromatic heterocycles. The highest BCUT2D eigenvalue weighted by Crippen LogP contribution is 2.28. The third-order valence-corrected chi connectivity index (χ3v) is 5.31. The van der Waals surface area contributed by atoms with Crippen LogP contribution in [-0.2, 0) is 19.4 Å². The monoisotopic (exact) mass is 384 g/mol. The number of nitrogens with zero attached hydrogens (tertiary/aromatic N) is 3. The molecule has 0 unspecified atom stereocenters. The van der Waals surface area contributed by atoms with E-state index in [1.165, 1.54) is 11.3 Å². The van der Waals surface area contributed by atoms with Gasteiger partial charge in [0.05, 0.1) is 29.4 Å². The van der Waals surface area contributed by atoms with Crippen LogP contribution in [0.2, 0.25) is 5.02 Å². The van der Waals surface area contributed by atoms with E-state index in [1.807, 2.05) is 36.6 Å². The number of carbonyl (C=O) groups is 1. The van der Waals surface area contributed by atoms with Crippen LogP contribution in [0.25, 0.3) is 11.4 Å². The van der Waals surface area contributed by atoms with Gasteiger partial charge >= 0.3 is 0 Å². The van der Waals surface area contributed by atoms with Crippen molar-refractivity contribution in [2.24, 2.45) is 5.73 Å². The molecule has 0 fully saturated rings. The summed E-state index contributed by atoms with van der Waals surface area (Å²) in [5, 5.41) is 12.2. The Kier molecular flexibility index (Phi) is 5.40. The van der Waals surface area contributed by atoms with Gasteiger partial charge in [0.1, 0.15) is 5.01 Å². The summed E-state index contributed by atoms with van der Waals surface area (Å²) >= 11 is 7.38. The second kappa shape index (κ2) is 7.73. The zero-order chi connectivity index (χ0) is 18.7. The van der Waals surface area contributed by atoms with Gasteiger partial charge in [0, 0.05) is 22.6 Å². The molecule has 0 saturated heterocycles. The number of nitrogens with two attached hydrogens (primary N) is 1. The van der Waals surface area contributed by atoms with Crippen LogP contribution in [0.3, 0.4) is 0 Å². The van der Waals surface area contributed by atoms with Crippen molar-refractivity contribution in [3.63, 3.8) is 0 Å². The number of carbonyl (C=O) groups excluding carboxylic acids is 1. The second-order valence-electron chi connectivity index (χ2n) is 5.88. The van der Waals surface area contributed by atoms with Gasteiger partial charge in [-0.3, -0.25) is 4.79 Å². The number of primary amides is 1. The van der Waals surface area contributed by atoms with Crippen LogP contribution in [0, 0.1) is 18.3 Å². The fourth-order valence-electron chi connectivity index (χ4n) is 2.86. The first-order chi connectivity index (χ1) is 12.5. The average Bonchev–Trinajstić information content (AvgIpc) is 3.19. The lowest BCUT2D eigenvalue weighted by molar-refractivity contribution is 0.0999. The minimum absolute atomic E-state index is 0.276. The molecule has 132 valence electrons.